The van der Waals surface area contributed by atoms with E-state index in [1.807, 2.05) is 62.8 Å². The number of nitrogens with one attached hydrogen (secondary N) is 2. The van der Waals surface area contributed by atoms with Crippen molar-refractivity contribution in [1.82, 2.24) is 20.4 Å². The molecule has 118 valence electrons. The van der Waals surface area contributed by atoms with Gasteiger partial charge >= 0.3 is 0 Å². The Morgan fingerprint density at radius 1 is 1.27 bits per heavy atom. The van der Waals surface area contributed by atoms with Crippen molar-refractivity contribution < 1.29 is 4.79 Å². The summed E-state index contributed by atoms with van der Waals surface area (Å²) in [5.41, 5.74) is 3.93. The molecular formula is C17H24N4O. The van der Waals surface area contributed by atoms with E-state index in [-0.39, 0.29) is 11.9 Å². The molecule has 5 nitrogen and oxygen atoms in total. The third-order valence-electron chi connectivity index (χ3n) is 3.88. The van der Waals surface area contributed by atoms with Gasteiger partial charge in [0.15, 0.2) is 0 Å². The molecule has 22 heavy (non-hydrogen) atoms. The Labute approximate surface area is 131 Å². The highest BCUT2D eigenvalue weighted by Crippen LogP contribution is 2.18. The molecule has 1 atom stereocenters. The first-order valence-corrected chi connectivity index (χ1v) is 7.57. The average molecular weight is 300 g/mol. The lowest BCUT2D eigenvalue weighted by atomic mass is 10.1. The zero-order chi connectivity index (χ0) is 16.1. The molecular weight excluding hydrogens is 276 g/mol. The zero-order valence-corrected chi connectivity index (χ0v) is 13.7. The quantitative estimate of drug-likeness (QED) is 0.854. The van der Waals surface area contributed by atoms with Gasteiger partial charge in [-0.1, -0.05) is 18.2 Å². The molecule has 1 heterocycles. The number of hydrogen-bond donors (Lipinski definition) is 2. The molecule has 2 aromatic rings. The van der Waals surface area contributed by atoms with Crippen LogP contribution in [0.5, 0.6) is 0 Å². The number of hydrogen-bond acceptors (Lipinski definition) is 3. The maximum absolute atomic E-state index is 12.1. The molecule has 0 spiro atoms. The Morgan fingerprint density at radius 3 is 2.59 bits per heavy atom. The monoisotopic (exact) mass is 300 g/mol. The van der Waals surface area contributed by atoms with E-state index in [1.165, 1.54) is 0 Å². The SMILES string of the molecule is CNC(C)CNC(=O)Cc1c(C)nn(-c2ccccc2)c1C. The number of nitrogens with zero attached hydrogens (tertiary/aromatic N) is 2. The van der Waals surface area contributed by atoms with Gasteiger partial charge in [0.1, 0.15) is 0 Å². The van der Waals surface area contributed by atoms with E-state index in [0.29, 0.717) is 13.0 Å². The number of para-hydroxylation sites is 1. The van der Waals surface area contributed by atoms with E-state index < -0.39 is 0 Å². The van der Waals surface area contributed by atoms with E-state index in [4.69, 9.17) is 0 Å². The average Bonchev–Trinajstić information content (AvgIpc) is 2.81. The van der Waals surface area contributed by atoms with Crippen LogP contribution in [-0.4, -0.2) is 35.3 Å². The molecule has 0 saturated carbocycles. The minimum atomic E-state index is 0.0286. The summed E-state index contributed by atoms with van der Waals surface area (Å²) in [5, 5.41) is 10.6. The summed E-state index contributed by atoms with van der Waals surface area (Å²) in [7, 11) is 1.88. The lowest BCUT2D eigenvalue weighted by Crippen LogP contribution is -2.37. The molecule has 0 fully saturated rings. The van der Waals surface area contributed by atoms with Crippen LogP contribution in [0.2, 0.25) is 0 Å². The molecule has 2 N–H and O–H groups in total. The minimum absolute atomic E-state index is 0.0286. The van der Waals surface area contributed by atoms with Gasteiger partial charge in [0.25, 0.3) is 0 Å². The first-order chi connectivity index (χ1) is 10.5. The summed E-state index contributed by atoms with van der Waals surface area (Å²) >= 11 is 0. The lowest BCUT2D eigenvalue weighted by Gasteiger charge is -2.11. The summed E-state index contributed by atoms with van der Waals surface area (Å²) in [6, 6.07) is 10.2. The van der Waals surface area contributed by atoms with E-state index in [2.05, 4.69) is 15.7 Å². The van der Waals surface area contributed by atoms with Gasteiger partial charge in [-0.3, -0.25) is 4.79 Å². The second kappa shape index (κ2) is 7.22. The molecule has 2 rings (SSSR count). The van der Waals surface area contributed by atoms with Crippen molar-refractivity contribution in [3.05, 3.63) is 47.3 Å². The summed E-state index contributed by atoms with van der Waals surface area (Å²) in [6.07, 6.45) is 0.362. The van der Waals surface area contributed by atoms with Gasteiger partial charge in [0.2, 0.25) is 5.91 Å². The third kappa shape index (κ3) is 3.74. The van der Waals surface area contributed by atoms with Gasteiger partial charge in [-0.25, -0.2) is 4.68 Å². The van der Waals surface area contributed by atoms with Gasteiger partial charge in [0.05, 0.1) is 17.8 Å². The van der Waals surface area contributed by atoms with Crippen molar-refractivity contribution in [1.29, 1.82) is 0 Å². The van der Waals surface area contributed by atoms with Crippen LogP contribution in [0.1, 0.15) is 23.9 Å². The van der Waals surface area contributed by atoms with Crippen LogP contribution in [0, 0.1) is 13.8 Å². The maximum Gasteiger partial charge on any atom is 0.224 e. The van der Waals surface area contributed by atoms with E-state index in [9.17, 15) is 4.79 Å². The number of rotatable bonds is 6. The van der Waals surface area contributed by atoms with Crippen LogP contribution in [0.3, 0.4) is 0 Å². The smallest absolute Gasteiger partial charge is 0.224 e. The van der Waals surface area contributed by atoms with Crippen LogP contribution < -0.4 is 10.6 Å². The fourth-order valence-corrected chi connectivity index (χ4v) is 2.34. The van der Waals surface area contributed by atoms with Gasteiger partial charge < -0.3 is 10.6 Å². The largest absolute Gasteiger partial charge is 0.354 e. The molecule has 1 aromatic carbocycles. The highest BCUT2D eigenvalue weighted by atomic mass is 16.1. The van der Waals surface area contributed by atoms with E-state index in [1.54, 1.807) is 0 Å². The van der Waals surface area contributed by atoms with Crippen molar-refractivity contribution in [2.45, 2.75) is 33.2 Å². The minimum Gasteiger partial charge on any atom is -0.354 e. The Morgan fingerprint density at radius 2 is 1.95 bits per heavy atom. The fraction of sp³-hybridized carbons (Fsp3) is 0.412. The number of carbonyl (C=O) groups excluding carboxylic acids is 1. The molecule has 1 amide bonds. The summed E-state index contributed by atoms with van der Waals surface area (Å²) in [5.74, 6) is 0.0286. The van der Waals surface area contributed by atoms with Crippen molar-refractivity contribution >= 4 is 5.91 Å². The summed E-state index contributed by atoms with van der Waals surface area (Å²) in [4.78, 5) is 12.1. The van der Waals surface area contributed by atoms with Crippen LogP contribution in [0.15, 0.2) is 30.3 Å². The number of likely N-dealkylation sites (N-methyl/N-ethyl adjacent to an activating group) is 1. The lowest BCUT2D eigenvalue weighted by molar-refractivity contribution is -0.120. The molecule has 0 aliphatic heterocycles. The molecule has 0 aliphatic rings. The Balaban J connectivity index is 2.12. The highest BCUT2D eigenvalue weighted by Gasteiger charge is 2.16. The summed E-state index contributed by atoms with van der Waals surface area (Å²) < 4.78 is 1.90. The van der Waals surface area contributed by atoms with Gasteiger partial charge in [-0.15, -0.1) is 0 Å². The zero-order valence-electron chi connectivity index (χ0n) is 13.7. The normalized spacial score (nSPS) is 12.2. The molecule has 1 unspecified atom stereocenters. The first kappa shape index (κ1) is 16.2. The Kier molecular flexibility index (Phi) is 5.33. The number of amides is 1. The van der Waals surface area contributed by atoms with Crippen LogP contribution >= 0.6 is 0 Å². The predicted molar refractivity (Wildman–Crippen MR) is 88.3 cm³/mol. The molecule has 0 aliphatic carbocycles. The Bertz CT molecular complexity index is 634. The molecule has 0 saturated heterocycles. The second-order valence-electron chi connectivity index (χ2n) is 5.57. The number of aryl methyl sites for hydroxylation is 1. The van der Waals surface area contributed by atoms with Crippen molar-refractivity contribution in [3.63, 3.8) is 0 Å². The van der Waals surface area contributed by atoms with Crippen molar-refractivity contribution in [3.8, 4) is 5.69 Å². The van der Waals surface area contributed by atoms with Crippen LogP contribution in [0.4, 0.5) is 0 Å². The number of aromatic nitrogens is 2. The second-order valence-corrected chi connectivity index (χ2v) is 5.57. The van der Waals surface area contributed by atoms with Gasteiger partial charge in [-0.05, 0) is 40.0 Å². The van der Waals surface area contributed by atoms with Gasteiger partial charge in [-0.2, -0.15) is 5.10 Å². The third-order valence-corrected chi connectivity index (χ3v) is 3.88. The Hall–Kier alpha value is -2.14. The van der Waals surface area contributed by atoms with Crippen LogP contribution in [-0.2, 0) is 11.2 Å². The molecule has 0 bridgehead atoms. The molecule has 0 radical (unpaired) electrons. The van der Waals surface area contributed by atoms with E-state index >= 15 is 0 Å². The fourth-order valence-electron chi connectivity index (χ4n) is 2.34. The predicted octanol–water partition coefficient (Wildman–Crippen LogP) is 1.76. The van der Waals surface area contributed by atoms with Crippen LogP contribution in [0.25, 0.3) is 5.69 Å². The molecule has 5 heteroatoms. The highest BCUT2D eigenvalue weighted by molar-refractivity contribution is 5.79. The van der Waals surface area contributed by atoms with E-state index in [0.717, 1.165) is 22.6 Å². The maximum atomic E-state index is 12.1. The standard InChI is InChI=1S/C17H24N4O/c1-12(18-4)11-19-17(22)10-16-13(2)20-21(14(16)3)15-8-6-5-7-9-15/h5-9,12,18H,10-11H2,1-4H3,(H,19,22). The van der Waals surface area contributed by atoms with Gasteiger partial charge in [0, 0.05) is 23.8 Å². The number of benzene rings is 1. The summed E-state index contributed by atoms with van der Waals surface area (Å²) in [6.45, 7) is 6.61. The molecule has 1 aromatic heterocycles. The van der Waals surface area contributed by atoms with Crippen molar-refractivity contribution in [2.24, 2.45) is 0 Å². The number of carbonyl (C=O) groups is 1. The van der Waals surface area contributed by atoms with Crippen molar-refractivity contribution in [2.75, 3.05) is 13.6 Å². The first-order valence-electron chi connectivity index (χ1n) is 7.57. The topological polar surface area (TPSA) is 58.9 Å².